The number of amides is 1. The standard InChI is InChI=1S/C20H20N2O2S2/c23-19(21-12-15-7-5-11-24-15)16-8-2-1-6-14(16)13-25-20-22-17-9-3-4-10-18(17)26-20/h1-4,6,8-10,15H,5,7,11-13H2,(H,21,23)/t15-/m1/s1. The molecule has 1 aliphatic rings. The summed E-state index contributed by atoms with van der Waals surface area (Å²) < 4.78 is 7.80. The van der Waals surface area contributed by atoms with Gasteiger partial charge < -0.3 is 10.1 Å². The van der Waals surface area contributed by atoms with E-state index in [4.69, 9.17) is 4.74 Å². The molecule has 1 fully saturated rings. The maximum absolute atomic E-state index is 12.6. The number of nitrogens with one attached hydrogen (secondary N) is 1. The van der Waals surface area contributed by atoms with Gasteiger partial charge in [0.2, 0.25) is 0 Å². The third-order valence-corrected chi connectivity index (χ3v) is 6.63. The molecule has 1 N–H and O–H groups in total. The van der Waals surface area contributed by atoms with E-state index in [1.807, 2.05) is 42.5 Å². The highest BCUT2D eigenvalue weighted by molar-refractivity contribution is 8.00. The van der Waals surface area contributed by atoms with Crippen LogP contribution in [-0.2, 0) is 10.5 Å². The van der Waals surface area contributed by atoms with Gasteiger partial charge >= 0.3 is 0 Å². The smallest absolute Gasteiger partial charge is 0.251 e. The van der Waals surface area contributed by atoms with Gasteiger partial charge in [0.05, 0.1) is 16.3 Å². The van der Waals surface area contributed by atoms with Gasteiger partial charge in [0.15, 0.2) is 4.34 Å². The lowest BCUT2D eigenvalue weighted by molar-refractivity contribution is 0.0857. The minimum absolute atomic E-state index is 0.0269. The van der Waals surface area contributed by atoms with Gasteiger partial charge in [-0.25, -0.2) is 4.98 Å². The molecule has 0 spiro atoms. The van der Waals surface area contributed by atoms with Crippen LogP contribution in [0.2, 0.25) is 0 Å². The number of para-hydroxylation sites is 1. The summed E-state index contributed by atoms with van der Waals surface area (Å²) in [5.41, 5.74) is 2.79. The van der Waals surface area contributed by atoms with Crippen molar-refractivity contribution in [2.45, 2.75) is 29.0 Å². The summed E-state index contributed by atoms with van der Waals surface area (Å²) >= 11 is 3.37. The Labute approximate surface area is 161 Å². The van der Waals surface area contributed by atoms with Crippen molar-refractivity contribution in [1.29, 1.82) is 0 Å². The molecule has 1 aliphatic heterocycles. The van der Waals surface area contributed by atoms with Crippen molar-refractivity contribution in [2.24, 2.45) is 0 Å². The third kappa shape index (κ3) is 4.09. The van der Waals surface area contributed by atoms with Gasteiger partial charge in [0.1, 0.15) is 0 Å². The van der Waals surface area contributed by atoms with Crippen LogP contribution in [0, 0.1) is 0 Å². The molecule has 2 heterocycles. The van der Waals surface area contributed by atoms with Crippen LogP contribution >= 0.6 is 23.1 Å². The van der Waals surface area contributed by atoms with Crippen LogP contribution in [0.25, 0.3) is 10.2 Å². The Bertz CT molecular complexity index is 870. The summed E-state index contributed by atoms with van der Waals surface area (Å²) in [4.78, 5) is 17.2. The van der Waals surface area contributed by atoms with Crippen LogP contribution in [0.15, 0.2) is 52.9 Å². The van der Waals surface area contributed by atoms with E-state index in [1.165, 1.54) is 4.70 Å². The molecule has 0 unspecified atom stereocenters. The summed E-state index contributed by atoms with van der Waals surface area (Å²) in [7, 11) is 0. The van der Waals surface area contributed by atoms with E-state index < -0.39 is 0 Å². The number of carbonyl (C=O) groups is 1. The molecule has 4 nitrogen and oxygen atoms in total. The number of ether oxygens (including phenoxy) is 1. The Hall–Kier alpha value is -1.89. The second kappa shape index (κ2) is 8.20. The topological polar surface area (TPSA) is 51.2 Å². The van der Waals surface area contributed by atoms with E-state index in [0.717, 1.165) is 46.2 Å². The SMILES string of the molecule is O=C(NC[C@H]1CCCO1)c1ccccc1CSc1nc2ccccc2s1. The normalized spacial score (nSPS) is 16.8. The van der Waals surface area contributed by atoms with Crippen LogP contribution in [0.3, 0.4) is 0 Å². The summed E-state index contributed by atoms with van der Waals surface area (Å²) in [5, 5.41) is 3.01. The summed E-state index contributed by atoms with van der Waals surface area (Å²) in [6.45, 7) is 1.38. The van der Waals surface area contributed by atoms with Crippen LogP contribution in [0.4, 0.5) is 0 Å². The van der Waals surface area contributed by atoms with E-state index in [9.17, 15) is 4.79 Å². The van der Waals surface area contributed by atoms with E-state index >= 15 is 0 Å². The number of benzene rings is 2. The first-order valence-electron chi connectivity index (χ1n) is 8.76. The number of fused-ring (bicyclic) bond motifs is 1. The molecule has 1 amide bonds. The third-order valence-electron chi connectivity index (χ3n) is 4.40. The fourth-order valence-electron chi connectivity index (χ4n) is 3.03. The molecule has 0 aliphatic carbocycles. The Morgan fingerprint density at radius 2 is 2.08 bits per heavy atom. The van der Waals surface area contributed by atoms with Gasteiger partial charge in [-0.15, -0.1) is 11.3 Å². The largest absolute Gasteiger partial charge is 0.376 e. The lowest BCUT2D eigenvalue weighted by Crippen LogP contribution is -2.32. The summed E-state index contributed by atoms with van der Waals surface area (Å²) in [6, 6.07) is 15.9. The van der Waals surface area contributed by atoms with Crippen molar-refractivity contribution in [1.82, 2.24) is 10.3 Å². The molecule has 1 atom stereocenters. The maximum atomic E-state index is 12.6. The highest BCUT2D eigenvalue weighted by atomic mass is 32.2. The highest BCUT2D eigenvalue weighted by Gasteiger charge is 2.18. The number of aromatic nitrogens is 1. The maximum Gasteiger partial charge on any atom is 0.251 e. The number of thiazole rings is 1. The molecule has 0 bridgehead atoms. The van der Waals surface area contributed by atoms with Crippen molar-refractivity contribution in [2.75, 3.05) is 13.2 Å². The first-order chi connectivity index (χ1) is 12.8. The van der Waals surface area contributed by atoms with Crippen LogP contribution in [0.5, 0.6) is 0 Å². The van der Waals surface area contributed by atoms with Gasteiger partial charge in [-0.1, -0.05) is 42.1 Å². The van der Waals surface area contributed by atoms with Crippen molar-refractivity contribution >= 4 is 39.2 Å². The lowest BCUT2D eigenvalue weighted by Gasteiger charge is -2.12. The average Bonchev–Trinajstić information content (AvgIpc) is 3.33. The Kier molecular flexibility index (Phi) is 5.53. The van der Waals surface area contributed by atoms with Gasteiger partial charge in [-0.05, 0) is 36.6 Å². The number of hydrogen-bond acceptors (Lipinski definition) is 5. The van der Waals surface area contributed by atoms with Gasteiger partial charge in [-0.2, -0.15) is 0 Å². The Balaban J connectivity index is 1.42. The molecule has 2 aromatic carbocycles. The number of thioether (sulfide) groups is 1. The molecular weight excluding hydrogens is 364 g/mol. The molecule has 0 saturated carbocycles. The van der Waals surface area contributed by atoms with Crippen molar-refractivity contribution in [3.8, 4) is 0 Å². The predicted molar refractivity (Wildman–Crippen MR) is 107 cm³/mol. The Morgan fingerprint density at radius 1 is 1.23 bits per heavy atom. The first kappa shape index (κ1) is 17.5. The van der Waals surface area contributed by atoms with Gasteiger partial charge in [0.25, 0.3) is 5.91 Å². The van der Waals surface area contributed by atoms with E-state index in [1.54, 1.807) is 23.1 Å². The molecule has 26 heavy (non-hydrogen) atoms. The minimum atomic E-state index is -0.0269. The first-order valence-corrected chi connectivity index (χ1v) is 10.6. The molecule has 4 rings (SSSR count). The molecular formula is C20H20N2O2S2. The molecule has 3 aromatic rings. The fraction of sp³-hybridized carbons (Fsp3) is 0.300. The predicted octanol–water partition coefficient (Wildman–Crippen LogP) is 4.50. The lowest BCUT2D eigenvalue weighted by atomic mass is 10.1. The number of nitrogens with zero attached hydrogens (tertiary/aromatic N) is 1. The quantitative estimate of drug-likeness (QED) is 0.636. The second-order valence-corrected chi connectivity index (χ2v) is 8.49. The zero-order chi connectivity index (χ0) is 17.8. The summed E-state index contributed by atoms with van der Waals surface area (Å²) in [5.74, 6) is 0.699. The Morgan fingerprint density at radius 3 is 2.92 bits per heavy atom. The molecule has 1 saturated heterocycles. The van der Waals surface area contributed by atoms with Crippen LogP contribution in [0.1, 0.15) is 28.8 Å². The molecule has 1 aromatic heterocycles. The summed E-state index contributed by atoms with van der Waals surface area (Å²) in [6.07, 6.45) is 2.26. The van der Waals surface area contributed by atoms with Crippen LogP contribution in [-0.4, -0.2) is 30.1 Å². The zero-order valence-electron chi connectivity index (χ0n) is 14.3. The van der Waals surface area contributed by atoms with Crippen molar-refractivity contribution in [3.05, 3.63) is 59.7 Å². The molecule has 0 radical (unpaired) electrons. The zero-order valence-corrected chi connectivity index (χ0v) is 15.9. The van der Waals surface area contributed by atoms with Gasteiger partial charge in [0, 0.05) is 24.5 Å². The average molecular weight is 385 g/mol. The van der Waals surface area contributed by atoms with E-state index in [-0.39, 0.29) is 12.0 Å². The number of hydrogen-bond donors (Lipinski definition) is 1. The minimum Gasteiger partial charge on any atom is -0.376 e. The molecule has 134 valence electrons. The van der Waals surface area contributed by atoms with Crippen molar-refractivity contribution in [3.63, 3.8) is 0 Å². The highest BCUT2D eigenvalue weighted by Crippen LogP contribution is 2.32. The number of carbonyl (C=O) groups excluding carboxylic acids is 1. The monoisotopic (exact) mass is 384 g/mol. The number of rotatable bonds is 6. The van der Waals surface area contributed by atoms with Crippen LogP contribution < -0.4 is 5.32 Å². The second-order valence-electron chi connectivity index (χ2n) is 6.24. The van der Waals surface area contributed by atoms with Crippen molar-refractivity contribution < 1.29 is 9.53 Å². The molecule has 6 heteroatoms. The van der Waals surface area contributed by atoms with E-state index in [0.29, 0.717) is 6.54 Å². The van der Waals surface area contributed by atoms with E-state index in [2.05, 4.69) is 16.4 Å². The fourth-order valence-corrected chi connectivity index (χ4v) is 5.10. The van der Waals surface area contributed by atoms with Gasteiger partial charge in [-0.3, -0.25) is 4.79 Å².